The van der Waals surface area contributed by atoms with E-state index >= 15 is 0 Å². The number of hydrogen-bond donors (Lipinski definition) is 2. The Morgan fingerprint density at radius 2 is 1.90 bits per heavy atom. The minimum absolute atomic E-state index is 0.101. The van der Waals surface area contributed by atoms with Crippen LogP contribution in [-0.2, 0) is 0 Å². The average molecular weight is 266 g/mol. The molecule has 0 saturated heterocycles. The highest BCUT2D eigenvalue weighted by molar-refractivity contribution is 6.10. The normalized spacial score (nSPS) is 11.9. The lowest BCUT2D eigenvalue weighted by Gasteiger charge is -2.10. The lowest BCUT2D eigenvalue weighted by molar-refractivity contribution is 0.318. The Hall–Kier alpha value is -2.82. The molecule has 0 spiro atoms. The summed E-state index contributed by atoms with van der Waals surface area (Å²) >= 11 is 0. The molecule has 100 valence electrons. The zero-order chi connectivity index (χ0) is 14.1. The molecule has 0 amide bonds. The van der Waals surface area contributed by atoms with Crippen molar-refractivity contribution in [2.45, 2.75) is 6.92 Å². The lowest BCUT2D eigenvalue weighted by atomic mass is 10.0. The van der Waals surface area contributed by atoms with Gasteiger partial charge in [0.1, 0.15) is 0 Å². The maximum absolute atomic E-state index is 8.88. The van der Waals surface area contributed by atoms with Crippen molar-refractivity contribution in [3.05, 3.63) is 59.9 Å². The number of benzene rings is 2. The summed E-state index contributed by atoms with van der Waals surface area (Å²) in [4.78, 5) is 0. The van der Waals surface area contributed by atoms with Crippen LogP contribution in [0.1, 0.15) is 11.3 Å². The predicted octanol–water partition coefficient (Wildman–Crippen LogP) is 2.43. The number of aryl methyl sites for hydroxylation is 1. The maximum atomic E-state index is 8.88. The summed E-state index contributed by atoms with van der Waals surface area (Å²) in [6, 6.07) is 13.5. The standard InChI is InChI=1S/C15H14N4O/c1-10-8-9-19(17-10)14-7-6-13(15(16)18-20)11-4-2-3-5-12(11)14/h2-9,20H,1H3,(H2,16,18). The van der Waals surface area contributed by atoms with E-state index < -0.39 is 0 Å². The third-order valence-electron chi connectivity index (χ3n) is 3.25. The van der Waals surface area contributed by atoms with Crippen molar-refractivity contribution >= 4 is 16.6 Å². The minimum Gasteiger partial charge on any atom is -0.409 e. The Kier molecular flexibility index (Phi) is 2.87. The lowest BCUT2D eigenvalue weighted by Crippen LogP contribution is -2.14. The molecule has 5 nitrogen and oxygen atoms in total. The Bertz CT molecular complexity index is 804. The molecule has 0 aliphatic rings. The molecule has 0 aliphatic carbocycles. The first-order valence-corrected chi connectivity index (χ1v) is 6.23. The van der Waals surface area contributed by atoms with E-state index in [0.717, 1.165) is 22.2 Å². The van der Waals surface area contributed by atoms with Crippen LogP contribution >= 0.6 is 0 Å². The Labute approximate surface area is 115 Å². The van der Waals surface area contributed by atoms with Crippen LogP contribution in [0.5, 0.6) is 0 Å². The summed E-state index contributed by atoms with van der Waals surface area (Å²) in [7, 11) is 0. The summed E-state index contributed by atoms with van der Waals surface area (Å²) in [5.74, 6) is 0.101. The molecule has 0 fully saturated rings. The molecule has 20 heavy (non-hydrogen) atoms. The molecule has 1 heterocycles. The van der Waals surface area contributed by atoms with Gasteiger partial charge in [-0.05, 0) is 30.5 Å². The first-order valence-electron chi connectivity index (χ1n) is 6.23. The smallest absolute Gasteiger partial charge is 0.170 e. The van der Waals surface area contributed by atoms with Gasteiger partial charge in [0, 0.05) is 17.1 Å². The number of fused-ring (bicyclic) bond motifs is 1. The topological polar surface area (TPSA) is 76.4 Å². The van der Waals surface area contributed by atoms with E-state index in [4.69, 9.17) is 10.9 Å². The fraction of sp³-hybridized carbons (Fsp3) is 0.0667. The van der Waals surface area contributed by atoms with Crippen molar-refractivity contribution in [2.75, 3.05) is 0 Å². The molecule has 5 heteroatoms. The summed E-state index contributed by atoms with van der Waals surface area (Å²) in [6.07, 6.45) is 1.92. The maximum Gasteiger partial charge on any atom is 0.170 e. The van der Waals surface area contributed by atoms with Gasteiger partial charge in [-0.3, -0.25) is 0 Å². The fourth-order valence-electron chi connectivity index (χ4n) is 2.31. The first kappa shape index (κ1) is 12.2. The van der Waals surface area contributed by atoms with E-state index in [1.54, 1.807) is 0 Å². The number of oxime groups is 1. The molecule has 3 rings (SSSR count). The van der Waals surface area contributed by atoms with Gasteiger partial charge in [-0.25, -0.2) is 4.68 Å². The molecule has 0 bridgehead atoms. The second kappa shape index (κ2) is 4.70. The molecular formula is C15H14N4O. The monoisotopic (exact) mass is 266 g/mol. The number of hydrogen-bond acceptors (Lipinski definition) is 3. The van der Waals surface area contributed by atoms with E-state index in [1.807, 2.05) is 60.3 Å². The van der Waals surface area contributed by atoms with Gasteiger partial charge in [0.05, 0.1) is 11.4 Å². The van der Waals surface area contributed by atoms with Gasteiger partial charge in [-0.2, -0.15) is 5.10 Å². The predicted molar refractivity (Wildman–Crippen MR) is 78.3 cm³/mol. The third-order valence-corrected chi connectivity index (χ3v) is 3.25. The molecule has 3 N–H and O–H groups in total. The van der Waals surface area contributed by atoms with Crippen LogP contribution in [0.25, 0.3) is 16.5 Å². The van der Waals surface area contributed by atoms with E-state index in [0.29, 0.717) is 5.56 Å². The zero-order valence-electron chi connectivity index (χ0n) is 11.0. The SMILES string of the molecule is Cc1ccn(-c2ccc(/C(N)=N/O)c3ccccc23)n1. The Balaban J connectivity index is 2.32. The highest BCUT2D eigenvalue weighted by atomic mass is 16.4. The second-order valence-electron chi connectivity index (χ2n) is 4.56. The number of rotatable bonds is 2. The van der Waals surface area contributed by atoms with Crippen molar-refractivity contribution in [3.63, 3.8) is 0 Å². The number of nitrogens with zero attached hydrogens (tertiary/aromatic N) is 3. The molecule has 1 aromatic heterocycles. The third kappa shape index (κ3) is 1.89. The van der Waals surface area contributed by atoms with E-state index in [-0.39, 0.29) is 5.84 Å². The summed E-state index contributed by atoms with van der Waals surface area (Å²) < 4.78 is 1.83. The van der Waals surface area contributed by atoms with E-state index in [1.165, 1.54) is 0 Å². The highest BCUT2D eigenvalue weighted by Crippen LogP contribution is 2.25. The van der Waals surface area contributed by atoms with Gasteiger partial charge in [0.2, 0.25) is 0 Å². The summed E-state index contributed by atoms with van der Waals surface area (Å²) in [5.41, 5.74) is 8.35. The van der Waals surface area contributed by atoms with E-state index in [9.17, 15) is 0 Å². The van der Waals surface area contributed by atoms with E-state index in [2.05, 4.69) is 10.3 Å². The average Bonchev–Trinajstić information content (AvgIpc) is 2.91. The van der Waals surface area contributed by atoms with Crippen LogP contribution in [0.3, 0.4) is 0 Å². The summed E-state index contributed by atoms with van der Waals surface area (Å²) in [6.45, 7) is 1.95. The van der Waals surface area contributed by atoms with Gasteiger partial charge in [0.25, 0.3) is 0 Å². The number of amidine groups is 1. The second-order valence-corrected chi connectivity index (χ2v) is 4.56. The van der Waals surface area contributed by atoms with Crippen LogP contribution in [0.2, 0.25) is 0 Å². The van der Waals surface area contributed by atoms with Gasteiger partial charge in [-0.15, -0.1) is 0 Å². The van der Waals surface area contributed by atoms with Gasteiger partial charge in [0.15, 0.2) is 5.84 Å². The highest BCUT2D eigenvalue weighted by Gasteiger charge is 2.10. The molecule has 3 aromatic rings. The minimum atomic E-state index is 0.101. The molecule has 2 aromatic carbocycles. The molecule has 0 unspecified atom stereocenters. The fourth-order valence-corrected chi connectivity index (χ4v) is 2.31. The van der Waals surface area contributed by atoms with Crippen LogP contribution in [0.15, 0.2) is 53.8 Å². The van der Waals surface area contributed by atoms with Crippen molar-refractivity contribution in [2.24, 2.45) is 10.9 Å². The van der Waals surface area contributed by atoms with Crippen molar-refractivity contribution in [1.82, 2.24) is 9.78 Å². The largest absolute Gasteiger partial charge is 0.409 e. The zero-order valence-corrected chi connectivity index (χ0v) is 11.0. The molecule has 0 saturated carbocycles. The quantitative estimate of drug-likeness (QED) is 0.324. The molecule has 0 atom stereocenters. The van der Waals surface area contributed by atoms with Crippen LogP contribution in [0, 0.1) is 6.92 Å². The van der Waals surface area contributed by atoms with Crippen molar-refractivity contribution < 1.29 is 5.21 Å². The van der Waals surface area contributed by atoms with Crippen LogP contribution < -0.4 is 5.73 Å². The van der Waals surface area contributed by atoms with Gasteiger partial charge in [-0.1, -0.05) is 29.4 Å². The van der Waals surface area contributed by atoms with Crippen molar-refractivity contribution in [1.29, 1.82) is 0 Å². The Morgan fingerprint density at radius 3 is 2.55 bits per heavy atom. The first-order chi connectivity index (χ1) is 9.70. The molecule has 0 radical (unpaired) electrons. The molecule has 0 aliphatic heterocycles. The Morgan fingerprint density at radius 1 is 1.15 bits per heavy atom. The summed E-state index contributed by atoms with van der Waals surface area (Å²) in [5, 5.41) is 18.3. The van der Waals surface area contributed by atoms with Crippen molar-refractivity contribution in [3.8, 4) is 5.69 Å². The number of nitrogens with two attached hydrogens (primary N) is 1. The van der Waals surface area contributed by atoms with Gasteiger partial charge >= 0.3 is 0 Å². The van der Waals surface area contributed by atoms with Crippen LogP contribution in [-0.4, -0.2) is 20.8 Å². The molecular weight excluding hydrogens is 252 g/mol. The van der Waals surface area contributed by atoms with Gasteiger partial charge < -0.3 is 10.9 Å². The van der Waals surface area contributed by atoms with Crippen LogP contribution in [0.4, 0.5) is 0 Å². The number of aromatic nitrogens is 2.